The highest BCUT2D eigenvalue weighted by molar-refractivity contribution is 5.88. The molecular formula is C14H25N3O. The van der Waals surface area contributed by atoms with Gasteiger partial charge in [0.1, 0.15) is 0 Å². The maximum Gasteiger partial charge on any atom is 0.332 e. The minimum absolute atomic E-state index is 0.375. The van der Waals surface area contributed by atoms with Gasteiger partial charge >= 0.3 is 6.03 Å². The van der Waals surface area contributed by atoms with Crippen molar-refractivity contribution in [2.24, 2.45) is 33.5 Å². The number of hydrogen-bond donors (Lipinski definition) is 2. The number of nitrogens with one attached hydrogen (secondary N) is 1. The van der Waals surface area contributed by atoms with Crippen molar-refractivity contribution in [1.29, 1.82) is 0 Å². The van der Waals surface area contributed by atoms with E-state index in [4.69, 9.17) is 5.73 Å². The average molecular weight is 251 g/mol. The Morgan fingerprint density at radius 3 is 2.50 bits per heavy atom. The molecule has 0 spiro atoms. The van der Waals surface area contributed by atoms with Crippen molar-refractivity contribution in [2.75, 3.05) is 0 Å². The van der Waals surface area contributed by atoms with Crippen molar-refractivity contribution < 1.29 is 4.79 Å². The number of nitrogens with two attached hydrogens (primary N) is 1. The summed E-state index contributed by atoms with van der Waals surface area (Å²) in [6, 6.07) is -0.574. The monoisotopic (exact) mass is 251 g/mol. The molecule has 2 aliphatic carbocycles. The fourth-order valence-corrected chi connectivity index (χ4v) is 4.20. The maximum absolute atomic E-state index is 10.8. The number of rotatable bonds is 3. The van der Waals surface area contributed by atoms with Gasteiger partial charge in [-0.1, -0.05) is 27.7 Å². The Morgan fingerprint density at radius 2 is 2.11 bits per heavy atom. The predicted octanol–water partition coefficient (Wildman–Crippen LogP) is 2.88. The molecule has 4 heteroatoms. The number of nitrogens with zero attached hydrogens (tertiary/aromatic N) is 1. The zero-order valence-corrected chi connectivity index (χ0v) is 11.9. The van der Waals surface area contributed by atoms with Crippen LogP contribution in [-0.2, 0) is 0 Å². The van der Waals surface area contributed by atoms with Gasteiger partial charge in [0, 0.05) is 11.6 Å². The first kappa shape index (κ1) is 13.4. The van der Waals surface area contributed by atoms with Crippen LogP contribution in [-0.4, -0.2) is 11.7 Å². The highest BCUT2D eigenvalue weighted by Gasteiger charge is 2.61. The van der Waals surface area contributed by atoms with E-state index in [1.165, 1.54) is 19.3 Å². The smallest absolute Gasteiger partial charge is 0.332 e. The van der Waals surface area contributed by atoms with Crippen molar-refractivity contribution in [3.8, 4) is 0 Å². The van der Waals surface area contributed by atoms with E-state index in [1.54, 1.807) is 0 Å². The molecule has 0 radical (unpaired) electrons. The van der Waals surface area contributed by atoms with Gasteiger partial charge in [-0.3, -0.25) is 0 Å². The second-order valence-corrected chi connectivity index (χ2v) is 6.67. The van der Waals surface area contributed by atoms with Crippen molar-refractivity contribution in [1.82, 2.24) is 5.43 Å². The maximum atomic E-state index is 10.8. The molecule has 4 nitrogen and oxygen atoms in total. The van der Waals surface area contributed by atoms with Gasteiger partial charge in [0.25, 0.3) is 0 Å². The molecule has 2 rings (SSSR count). The Balaban J connectivity index is 2.21. The summed E-state index contributed by atoms with van der Waals surface area (Å²) < 4.78 is 0. The third kappa shape index (κ3) is 1.82. The summed E-state index contributed by atoms with van der Waals surface area (Å²) in [5, 5.41) is 4.23. The lowest BCUT2D eigenvalue weighted by molar-refractivity contribution is 0.152. The van der Waals surface area contributed by atoms with Crippen LogP contribution in [0.25, 0.3) is 0 Å². The number of hydrazone groups is 1. The molecule has 0 saturated heterocycles. The van der Waals surface area contributed by atoms with Crippen LogP contribution >= 0.6 is 0 Å². The van der Waals surface area contributed by atoms with Crippen LogP contribution in [0.5, 0.6) is 0 Å². The van der Waals surface area contributed by atoms with Crippen LogP contribution in [0.3, 0.4) is 0 Å². The van der Waals surface area contributed by atoms with E-state index in [2.05, 4.69) is 38.2 Å². The highest BCUT2D eigenvalue weighted by Crippen LogP contribution is 2.67. The number of amides is 2. The summed E-state index contributed by atoms with van der Waals surface area (Å²) in [4.78, 5) is 10.8. The van der Waals surface area contributed by atoms with Gasteiger partial charge in [-0.05, 0) is 42.4 Å². The van der Waals surface area contributed by atoms with Crippen LogP contribution in [0.1, 0.15) is 53.4 Å². The van der Waals surface area contributed by atoms with Crippen LogP contribution < -0.4 is 11.2 Å². The highest BCUT2D eigenvalue weighted by atomic mass is 16.2. The Bertz CT molecular complexity index is 386. The standard InChI is InChI=1S/C14H25N3O/c1-5-11(16-17-12(15)18)9-8-14(4)7-6-10(9)13(14,2)3/h9-10H,5-8H2,1-4H3,(H3,15,17,18)/b16-11+/t9-,10+,14-/m1/s1. The van der Waals surface area contributed by atoms with Crippen LogP contribution in [0.2, 0.25) is 0 Å². The lowest BCUT2D eigenvalue weighted by atomic mass is 9.71. The first-order chi connectivity index (χ1) is 8.32. The van der Waals surface area contributed by atoms with Gasteiger partial charge in [-0.15, -0.1) is 0 Å². The lowest BCUT2D eigenvalue weighted by Crippen LogP contribution is -2.30. The topological polar surface area (TPSA) is 67.5 Å². The van der Waals surface area contributed by atoms with E-state index in [1.807, 2.05) is 0 Å². The average Bonchev–Trinajstić information content (AvgIpc) is 2.61. The van der Waals surface area contributed by atoms with Crippen molar-refractivity contribution in [3.05, 3.63) is 0 Å². The zero-order valence-electron chi connectivity index (χ0n) is 11.9. The molecule has 0 aromatic heterocycles. The lowest BCUT2D eigenvalue weighted by Gasteiger charge is -2.34. The summed E-state index contributed by atoms with van der Waals surface area (Å²) in [6.45, 7) is 9.28. The summed E-state index contributed by atoms with van der Waals surface area (Å²) in [5.74, 6) is 1.20. The van der Waals surface area contributed by atoms with Gasteiger partial charge in [-0.2, -0.15) is 5.10 Å². The van der Waals surface area contributed by atoms with E-state index < -0.39 is 6.03 Å². The molecule has 2 amide bonds. The van der Waals surface area contributed by atoms with E-state index in [9.17, 15) is 4.79 Å². The molecule has 3 atom stereocenters. The second-order valence-electron chi connectivity index (χ2n) is 6.67. The molecular weight excluding hydrogens is 226 g/mol. The summed E-state index contributed by atoms with van der Waals surface area (Å²) in [6.07, 6.45) is 4.68. The van der Waals surface area contributed by atoms with E-state index >= 15 is 0 Å². The largest absolute Gasteiger partial charge is 0.350 e. The molecule has 0 aromatic rings. The van der Waals surface area contributed by atoms with E-state index in [0.717, 1.165) is 12.1 Å². The van der Waals surface area contributed by atoms with Crippen molar-refractivity contribution in [3.63, 3.8) is 0 Å². The Hall–Kier alpha value is -1.06. The number of hydrogen-bond acceptors (Lipinski definition) is 2. The normalized spacial score (nSPS) is 37.9. The van der Waals surface area contributed by atoms with Gasteiger partial charge < -0.3 is 5.73 Å². The summed E-state index contributed by atoms with van der Waals surface area (Å²) >= 11 is 0. The molecule has 2 fully saturated rings. The number of urea groups is 1. The third-order valence-corrected chi connectivity index (χ3v) is 5.75. The minimum atomic E-state index is -0.574. The minimum Gasteiger partial charge on any atom is -0.350 e. The zero-order chi connectivity index (χ0) is 13.6. The molecule has 2 saturated carbocycles. The van der Waals surface area contributed by atoms with Crippen LogP contribution in [0.4, 0.5) is 4.79 Å². The van der Waals surface area contributed by atoms with Crippen LogP contribution in [0, 0.1) is 22.7 Å². The fraction of sp³-hybridized carbons (Fsp3) is 0.857. The molecule has 0 heterocycles. The molecule has 2 bridgehead atoms. The van der Waals surface area contributed by atoms with E-state index in [-0.39, 0.29) is 0 Å². The molecule has 3 N–H and O–H groups in total. The number of carbonyl (C=O) groups is 1. The fourth-order valence-electron chi connectivity index (χ4n) is 4.20. The van der Waals surface area contributed by atoms with Gasteiger partial charge in [-0.25, -0.2) is 10.2 Å². The third-order valence-electron chi connectivity index (χ3n) is 5.75. The summed E-state index contributed by atoms with van der Waals surface area (Å²) in [7, 11) is 0. The first-order valence-corrected chi connectivity index (χ1v) is 6.93. The van der Waals surface area contributed by atoms with Crippen molar-refractivity contribution in [2.45, 2.75) is 53.4 Å². The van der Waals surface area contributed by atoms with Gasteiger partial charge in [0.15, 0.2) is 0 Å². The molecule has 18 heavy (non-hydrogen) atoms. The molecule has 0 aliphatic heterocycles. The Labute approximate surface area is 109 Å². The molecule has 0 unspecified atom stereocenters. The Morgan fingerprint density at radius 1 is 1.44 bits per heavy atom. The Kier molecular flexibility index (Phi) is 3.16. The molecule has 102 valence electrons. The number of primary amides is 1. The predicted molar refractivity (Wildman–Crippen MR) is 73.2 cm³/mol. The second kappa shape index (κ2) is 4.25. The quantitative estimate of drug-likeness (QED) is 0.588. The molecule has 2 aliphatic rings. The van der Waals surface area contributed by atoms with E-state index in [0.29, 0.717) is 22.7 Å². The summed E-state index contributed by atoms with van der Waals surface area (Å²) in [5.41, 5.74) is 9.40. The first-order valence-electron chi connectivity index (χ1n) is 6.93. The van der Waals surface area contributed by atoms with Crippen molar-refractivity contribution >= 4 is 11.7 Å². The van der Waals surface area contributed by atoms with Gasteiger partial charge in [0.05, 0.1) is 0 Å². The molecule has 0 aromatic carbocycles. The van der Waals surface area contributed by atoms with Gasteiger partial charge in [0.2, 0.25) is 0 Å². The van der Waals surface area contributed by atoms with Crippen LogP contribution in [0.15, 0.2) is 5.10 Å². The number of carbonyl (C=O) groups excluding carboxylic acids is 1. The SMILES string of the molecule is CC/C(=N\NC(N)=O)[C@@H]1C[C@@]2(C)CC[C@@H]1C2(C)C. The number of fused-ring (bicyclic) bond motifs is 2.